The fourth-order valence-corrected chi connectivity index (χ4v) is 6.03. The van der Waals surface area contributed by atoms with Crippen LogP contribution in [-0.4, -0.2) is 37.5 Å². The standard InChI is InChI=1S/C31H40ClFN2O4Si/c1-11-38-27(37)22-17-35(28(29(3,4)5)31(9,10)39-40-30(6,7)8)26-21(25(22)36)16-20(18(2)34-26)15-19-13-12-14-23(32)24(19)33/h12-14,16-17,28H,11,15H2,1-10H3/t28-/m0/s1. The van der Waals surface area contributed by atoms with Gasteiger partial charge in [-0.15, -0.1) is 0 Å². The molecule has 3 aromatic rings. The lowest BCUT2D eigenvalue weighted by Gasteiger charge is -2.45. The highest BCUT2D eigenvalue weighted by Gasteiger charge is 2.42. The molecule has 0 aliphatic rings. The normalized spacial score (nSPS) is 13.5. The van der Waals surface area contributed by atoms with E-state index in [9.17, 15) is 14.0 Å². The molecule has 216 valence electrons. The Kier molecular flexibility index (Phi) is 9.39. The highest BCUT2D eigenvalue weighted by Crippen LogP contribution is 2.43. The van der Waals surface area contributed by atoms with Crippen molar-refractivity contribution in [3.8, 4) is 0 Å². The van der Waals surface area contributed by atoms with Crippen LogP contribution in [-0.2, 0) is 15.6 Å². The minimum atomic E-state index is -0.700. The molecule has 0 unspecified atom stereocenters. The summed E-state index contributed by atoms with van der Waals surface area (Å²) in [4.78, 5) is 31.6. The van der Waals surface area contributed by atoms with Gasteiger partial charge in [0.15, 0.2) is 0 Å². The second-order valence-corrected chi connectivity index (χ2v) is 15.1. The van der Waals surface area contributed by atoms with Crippen LogP contribution in [0.1, 0.15) is 95.5 Å². The Morgan fingerprint density at radius 3 is 2.35 bits per heavy atom. The summed E-state index contributed by atoms with van der Waals surface area (Å²) in [6.07, 6.45) is 1.75. The Hall–Kier alpha value is -2.55. The monoisotopic (exact) mass is 586 g/mol. The molecule has 0 aliphatic carbocycles. The summed E-state index contributed by atoms with van der Waals surface area (Å²) < 4.78 is 28.5. The van der Waals surface area contributed by atoms with E-state index < -0.39 is 22.8 Å². The Labute approximate surface area is 244 Å². The molecule has 1 aromatic carbocycles. The number of carbonyl (C=O) groups excluding carboxylic acids is 1. The summed E-state index contributed by atoms with van der Waals surface area (Å²) in [6, 6.07) is 6.22. The number of fused-ring (bicyclic) bond motifs is 1. The van der Waals surface area contributed by atoms with Gasteiger partial charge >= 0.3 is 5.97 Å². The number of pyridine rings is 2. The number of aryl methyl sites for hydroxylation is 1. The molecular weight excluding hydrogens is 547 g/mol. The summed E-state index contributed by atoms with van der Waals surface area (Å²) >= 11 is 6.01. The molecule has 2 heterocycles. The molecule has 0 N–H and O–H groups in total. The molecule has 40 heavy (non-hydrogen) atoms. The van der Waals surface area contributed by atoms with E-state index in [0.717, 1.165) is 0 Å². The van der Waals surface area contributed by atoms with Gasteiger partial charge in [-0.25, -0.2) is 14.2 Å². The number of hydrogen-bond donors (Lipinski definition) is 0. The van der Waals surface area contributed by atoms with E-state index in [2.05, 4.69) is 41.5 Å². The zero-order valence-corrected chi connectivity index (χ0v) is 26.9. The lowest BCUT2D eigenvalue weighted by atomic mass is 9.77. The first kappa shape index (κ1) is 32.0. The Bertz CT molecular complexity index is 1470. The van der Waals surface area contributed by atoms with Crippen molar-refractivity contribution >= 4 is 38.4 Å². The lowest BCUT2D eigenvalue weighted by molar-refractivity contribution is -0.00177. The lowest BCUT2D eigenvalue weighted by Crippen LogP contribution is -2.46. The molecule has 1 atom stereocenters. The quantitative estimate of drug-likeness (QED) is 0.202. The third-order valence-corrected chi connectivity index (χ3v) is 8.12. The first-order valence-corrected chi connectivity index (χ1v) is 14.8. The van der Waals surface area contributed by atoms with E-state index in [4.69, 9.17) is 25.7 Å². The van der Waals surface area contributed by atoms with Gasteiger partial charge in [-0.05, 0) is 61.4 Å². The van der Waals surface area contributed by atoms with E-state index >= 15 is 0 Å². The highest BCUT2D eigenvalue weighted by molar-refractivity contribution is 6.32. The molecule has 0 spiro atoms. The van der Waals surface area contributed by atoms with E-state index in [-0.39, 0.29) is 55.3 Å². The van der Waals surface area contributed by atoms with Crippen LogP contribution < -0.4 is 5.43 Å². The van der Waals surface area contributed by atoms with Crippen molar-refractivity contribution < 1.29 is 18.3 Å². The molecule has 0 fully saturated rings. The molecule has 0 saturated carbocycles. The minimum Gasteiger partial charge on any atom is -0.462 e. The summed E-state index contributed by atoms with van der Waals surface area (Å²) in [7, 11) is 0.221. The van der Waals surface area contributed by atoms with Crippen LogP contribution >= 0.6 is 11.6 Å². The number of hydrogen-bond acceptors (Lipinski definition) is 5. The predicted molar refractivity (Wildman–Crippen MR) is 160 cm³/mol. The maximum atomic E-state index is 14.8. The maximum Gasteiger partial charge on any atom is 0.343 e. The second-order valence-electron chi connectivity index (χ2n) is 12.8. The van der Waals surface area contributed by atoms with Crippen LogP contribution in [0, 0.1) is 18.2 Å². The second kappa shape index (κ2) is 11.7. The Morgan fingerprint density at radius 2 is 1.77 bits per heavy atom. The fourth-order valence-electron chi connectivity index (χ4n) is 5.16. The number of halogens is 2. The first-order chi connectivity index (χ1) is 18.4. The van der Waals surface area contributed by atoms with E-state index in [1.54, 1.807) is 31.3 Å². The van der Waals surface area contributed by atoms with Gasteiger partial charge in [0.05, 0.1) is 28.7 Å². The number of esters is 1. The summed E-state index contributed by atoms with van der Waals surface area (Å²) in [6.45, 7) is 20.4. The van der Waals surface area contributed by atoms with Crippen LogP contribution in [0.4, 0.5) is 4.39 Å². The fraction of sp³-hybridized carbons (Fsp3) is 0.516. The van der Waals surface area contributed by atoms with Crippen LogP contribution in [0.5, 0.6) is 0 Å². The molecule has 0 amide bonds. The summed E-state index contributed by atoms with van der Waals surface area (Å²) in [5.74, 6) is -1.21. The third-order valence-electron chi connectivity index (χ3n) is 6.58. The van der Waals surface area contributed by atoms with Gasteiger partial charge in [-0.2, -0.15) is 0 Å². The maximum absolute atomic E-state index is 14.8. The van der Waals surface area contributed by atoms with Crippen molar-refractivity contribution in [2.24, 2.45) is 5.41 Å². The van der Waals surface area contributed by atoms with Crippen molar-refractivity contribution in [1.82, 2.24) is 9.55 Å². The topological polar surface area (TPSA) is 70.4 Å². The third kappa shape index (κ3) is 7.01. The molecule has 6 nitrogen and oxygen atoms in total. The van der Waals surface area contributed by atoms with Gasteiger partial charge < -0.3 is 13.7 Å². The Morgan fingerprint density at radius 1 is 1.12 bits per heavy atom. The Balaban J connectivity index is 2.34. The van der Waals surface area contributed by atoms with Crippen LogP contribution in [0.15, 0.2) is 35.3 Å². The van der Waals surface area contributed by atoms with Crippen molar-refractivity contribution in [2.45, 2.75) is 92.3 Å². The first-order valence-electron chi connectivity index (χ1n) is 13.5. The zero-order chi connectivity index (χ0) is 30.2. The van der Waals surface area contributed by atoms with Gasteiger partial charge in [-0.1, -0.05) is 65.3 Å². The van der Waals surface area contributed by atoms with Gasteiger partial charge in [0.25, 0.3) is 0 Å². The molecule has 0 saturated heterocycles. The van der Waals surface area contributed by atoms with Gasteiger partial charge in [0.1, 0.15) is 17.0 Å². The van der Waals surface area contributed by atoms with Crippen LogP contribution in [0.3, 0.4) is 0 Å². The predicted octanol–water partition coefficient (Wildman–Crippen LogP) is 7.48. The number of carbonyl (C=O) groups is 1. The average molecular weight is 587 g/mol. The van der Waals surface area contributed by atoms with E-state index in [1.807, 2.05) is 25.3 Å². The molecule has 2 radical (unpaired) electrons. The van der Waals surface area contributed by atoms with Crippen molar-refractivity contribution in [3.05, 3.63) is 73.9 Å². The number of nitrogens with zero attached hydrogens (tertiary/aromatic N) is 2. The molecular formula is C31H40ClFN2O4Si. The molecule has 0 bridgehead atoms. The summed E-state index contributed by atoms with van der Waals surface area (Å²) in [5, 5.41) is 0.250. The number of benzene rings is 1. The molecule has 9 heteroatoms. The van der Waals surface area contributed by atoms with E-state index in [0.29, 0.717) is 22.5 Å². The SMILES string of the molecule is CCOC(=O)c1cn([C@@H](C(C)(C)C)C(C)(C)O[Si]C(C)(C)C)c2nc(C)c(Cc3cccc(Cl)c3F)cc2c1=O. The molecule has 3 rings (SSSR count). The van der Waals surface area contributed by atoms with E-state index in [1.165, 1.54) is 6.07 Å². The zero-order valence-electron chi connectivity index (χ0n) is 25.2. The van der Waals surface area contributed by atoms with Gasteiger partial charge in [0.2, 0.25) is 15.2 Å². The number of rotatable bonds is 8. The number of aromatic nitrogens is 2. The van der Waals surface area contributed by atoms with Crippen molar-refractivity contribution in [3.63, 3.8) is 0 Å². The van der Waals surface area contributed by atoms with Crippen molar-refractivity contribution in [2.75, 3.05) is 6.61 Å². The highest BCUT2D eigenvalue weighted by atomic mass is 35.5. The number of ether oxygens (including phenoxy) is 1. The van der Waals surface area contributed by atoms with Crippen LogP contribution in [0.2, 0.25) is 10.1 Å². The molecule has 2 aromatic heterocycles. The molecule has 0 aliphatic heterocycles. The minimum absolute atomic E-state index is 0.0297. The largest absolute Gasteiger partial charge is 0.462 e. The van der Waals surface area contributed by atoms with Gasteiger partial charge in [-0.3, -0.25) is 4.79 Å². The van der Waals surface area contributed by atoms with Crippen LogP contribution in [0.25, 0.3) is 11.0 Å². The summed E-state index contributed by atoms with van der Waals surface area (Å²) in [5.41, 5.74) is 0.512. The van der Waals surface area contributed by atoms with Crippen molar-refractivity contribution in [1.29, 1.82) is 0 Å². The smallest absolute Gasteiger partial charge is 0.343 e. The van der Waals surface area contributed by atoms with Gasteiger partial charge in [0, 0.05) is 18.3 Å². The average Bonchev–Trinajstić information content (AvgIpc) is 2.82.